The largest absolute Gasteiger partial charge is 0.501 e. The number of hydrogen-bond donors (Lipinski definition) is 1. The van der Waals surface area contributed by atoms with Gasteiger partial charge in [0.15, 0.2) is 5.78 Å². The first-order valence-corrected chi connectivity index (χ1v) is 5.88. The van der Waals surface area contributed by atoms with E-state index in [1.54, 1.807) is 6.26 Å². The molecule has 0 aromatic heterocycles. The van der Waals surface area contributed by atoms with E-state index in [2.05, 4.69) is 0 Å². The van der Waals surface area contributed by atoms with Crippen molar-refractivity contribution in [1.82, 2.24) is 0 Å². The molecule has 1 heterocycles. The van der Waals surface area contributed by atoms with E-state index in [1.165, 1.54) is 0 Å². The molecule has 3 heteroatoms. The fourth-order valence-corrected chi connectivity index (χ4v) is 2.47. The summed E-state index contributed by atoms with van der Waals surface area (Å²) in [6, 6.07) is 0.220. The predicted octanol–water partition coefficient (Wildman–Crippen LogP) is 1.77. The van der Waals surface area contributed by atoms with Crippen LogP contribution in [0.2, 0.25) is 0 Å². The highest BCUT2D eigenvalue weighted by atomic mass is 16.5. The van der Waals surface area contributed by atoms with Gasteiger partial charge in [-0.05, 0) is 32.1 Å². The number of ketones is 1. The molecule has 0 amide bonds. The SMILES string of the molecule is NC1CCCC(C(=O)C2=COCCC2)C1. The van der Waals surface area contributed by atoms with Gasteiger partial charge in [0.2, 0.25) is 0 Å². The molecule has 0 saturated heterocycles. The Balaban J connectivity index is 1.97. The standard InChI is InChI=1S/C12H19NO2/c13-11-5-1-3-9(7-11)12(14)10-4-2-6-15-8-10/h8-9,11H,1-7,13H2. The summed E-state index contributed by atoms with van der Waals surface area (Å²) in [6.07, 6.45) is 7.53. The first-order valence-electron chi connectivity index (χ1n) is 5.88. The van der Waals surface area contributed by atoms with Crippen molar-refractivity contribution in [2.24, 2.45) is 11.7 Å². The van der Waals surface area contributed by atoms with Gasteiger partial charge < -0.3 is 10.5 Å². The Labute approximate surface area is 90.7 Å². The van der Waals surface area contributed by atoms with Crippen LogP contribution in [0.5, 0.6) is 0 Å². The van der Waals surface area contributed by atoms with E-state index in [9.17, 15) is 4.79 Å². The number of Topliss-reactive ketones (excluding diaryl/α,β-unsaturated/α-hetero) is 1. The number of allylic oxidation sites excluding steroid dienone is 1. The van der Waals surface area contributed by atoms with Crippen molar-refractivity contribution >= 4 is 5.78 Å². The van der Waals surface area contributed by atoms with Gasteiger partial charge in [-0.15, -0.1) is 0 Å². The normalized spacial score (nSPS) is 31.7. The summed E-state index contributed by atoms with van der Waals surface area (Å²) < 4.78 is 5.21. The summed E-state index contributed by atoms with van der Waals surface area (Å²) in [7, 11) is 0. The molecule has 2 rings (SSSR count). The predicted molar refractivity (Wildman–Crippen MR) is 58.2 cm³/mol. The first-order chi connectivity index (χ1) is 7.27. The smallest absolute Gasteiger partial charge is 0.165 e. The van der Waals surface area contributed by atoms with Crippen LogP contribution in [0.15, 0.2) is 11.8 Å². The topological polar surface area (TPSA) is 52.3 Å². The van der Waals surface area contributed by atoms with Crippen LogP contribution in [0.1, 0.15) is 38.5 Å². The van der Waals surface area contributed by atoms with Crippen molar-refractivity contribution in [2.45, 2.75) is 44.6 Å². The third-order valence-electron chi connectivity index (χ3n) is 3.34. The Morgan fingerprint density at radius 1 is 1.40 bits per heavy atom. The first kappa shape index (κ1) is 10.7. The van der Waals surface area contributed by atoms with Crippen molar-refractivity contribution in [3.63, 3.8) is 0 Å². The molecule has 0 aromatic carbocycles. The van der Waals surface area contributed by atoms with Crippen molar-refractivity contribution in [1.29, 1.82) is 0 Å². The lowest BCUT2D eigenvalue weighted by Gasteiger charge is -2.26. The van der Waals surface area contributed by atoms with Crippen molar-refractivity contribution in [3.05, 3.63) is 11.8 Å². The van der Waals surface area contributed by atoms with E-state index in [4.69, 9.17) is 10.5 Å². The Bertz CT molecular complexity index is 273. The van der Waals surface area contributed by atoms with E-state index in [1.807, 2.05) is 0 Å². The molecule has 84 valence electrons. The second-order valence-electron chi connectivity index (χ2n) is 4.61. The van der Waals surface area contributed by atoms with Gasteiger partial charge in [-0.3, -0.25) is 4.79 Å². The van der Waals surface area contributed by atoms with Crippen molar-refractivity contribution in [3.8, 4) is 0 Å². The van der Waals surface area contributed by atoms with Crippen LogP contribution in [0.3, 0.4) is 0 Å². The average Bonchev–Trinajstić information content (AvgIpc) is 2.29. The molecule has 2 N–H and O–H groups in total. The molecule has 0 bridgehead atoms. The maximum atomic E-state index is 12.1. The highest BCUT2D eigenvalue weighted by Crippen LogP contribution is 2.28. The highest BCUT2D eigenvalue weighted by Gasteiger charge is 2.27. The van der Waals surface area contributed by atoms with Gasteiger partial charge in [0.05, 0.1) is 12.9 Å². The lowest BCUT2D eigenvalue weighted by molar-refractivity contribution is -0.120. The lowest BCUT2D eigenvalue weighted by Crippen LogP contribution is -2.32. The molecular weight excluding hydrogens is 190 g/mol. The molecule has 15 heavy (non-hydrogen) atoms. The van der Waals surface area contributed by atoms with Gasteiger partial charge >= 0.3 is 0 Å². The van der Waals surface area contributed by atoms with E-state index in [-0.39, 0.29) is 17.7 Å². The number of carbonyl (C=O) groups excluding carboxylic acids is 1. The van der Waals surface area contributed by atoms with Crippen LogP contribution in [0.4, 0.5) is 0 Å². The molecule has 1 saturated carbocycles. The molecule has 0 radical (unpaired) electrons. The van der Waals surface area contributed by atoms with E-state index in [0.29, 0.717) is 0 Å². The zero-order chi connectivity index (χ0) is 10.7. The summed E-state index contributed by atoms with van der Waals surface area (Å²) in [6.45, 7) is 0.751. The summed E-state index contributed by atoms with van der Waals surface area (Å²) in [5.41, 5.74) is 6.76. The number of nitrogens with two attached hydrogens (primary N) is 1. The van der Waals surface area contributed by atoms with Crippen LogP contribution < -0.4 is 5.73 Å². The van der Waals surface area contributed by atoms with Gasteiger partial charge in [0, 0.05) is 17.5 Å². The Morgan fingerprint density at radius 2 is 2.27 bits per heavy atom. The molecule has 2 atom stereocenters. The maximum absolute atomic E-state index is 12.1. The number of ether oxygens (including phenoxy) is 1. The minimum atomic E-state index is 0.154. The molecule has 0 spiro atoms. The summed E-state index contributed by atoms with van der Waals surface area (Å²) in [5, 5.41) is 0. The number of rotatable bonds is 2. The van der Waals surface area contributed by atoms with Crippen molar-refractivity contribution < 1.29 is 9.53 Å². The zero-order valence-corrected chi connectivity index (χ0v) is 9.08. The second-order valence-corrected chi connectivity index (χ2v) is 4.61. The van der Waals surface area contributed by atoms with Crippen molar-refractivity contribution in [2.75, 3.05) is 6.61 Å². The molecule has 3 nitrogen and oxygen atoms in total. The number of carbonyl (C=O) groups is 1. The van der Waals surface area contributed by atoms with Crippen LogP contribution in [-0.2, 0) is 9.53 Å². The Kier molecular flexibility index (Phi) is 3.41. The summed E-state index contributed by atoms with van der Waals surface area (Å²) >= 11 is 0. The van der Waals surface area contributed by atoms with E-state index < -0.39 is 0 Å². The Hall–Kier alpha value is -0.830. The van der Waals surface area contributed by atoms with Crippen LogP contribution in [-0.4, -0.2) is 18.4 Å². The average molecular weight is 209 g/mol. The molecule has 2 aliphatic rings. The van der Waals surface area contributed by atoms with Crippen LogP contribution >= 0.6 is 0 Å². The third kappa shape index (κ3) is 2.59. The molecule has 1 aliphatic carbocycles. The molecule has 1 aliphatic heterocycles. The molecule has 0 aromatic rings. The lowest BCUT2D eigenvalue weighted by atomic mass is 9.81. The summed E-state index contributed by atoms with van der Waals surface area (Å²) in [4.78, 5) is 12.1. The maximum Gasteiger partial charge on any atom is 0.165 e. The molecular formula is C12H19NO2. The molecule has 2 unspecified atom stereocenters. The molecule has 1 fully saturated rings. The van der Waals surface area contributed by atoms with Crippen LogP contribution in [0.25, 0.3) is 0 Å². The Morgan fingerprint density at radius 3 is 2.93 bits per heavy atom. The van der Waals surface area contributed by atoms with Gasteiger partial charge in [-0.1, -0.05) is 6.42 Å². The second kappa shape index (κ2) is 4.79. The number of hydrogen-bond acceptors (Lipinski definition) is 3. The van der Waals surface area contributed by atoms with Gasteiger partial charge in [0.1, 0.15) is 0 Å². The minimum absolute atomic E-state index is 0.154. The fourth-order valence-electron chi connectivity index (χ4n) is 2.47. The fraction of sp³-hybridized carbons (Fsp3) is 0.750. The highest BCUT2D eigenvalue weighted by molar-refractivity contribution is 5.97. The van der Waals surface area contributed by atoms with Gasteiger partial charge in [0.25, 0.3) is 0 Å². The van der Waals surface area contributed by atoms with Gasteiger partial charge in [-0.25, -0.2) is 0 Å². The van der Waals surface area contributed by atoms with Crippen LogP contribution in [0, 0.1) is 5.92 Å². The third-order valence-corrected chi connectivity index (χ3v) is 3.34. The van der Waals surface area contributed by atoms with E-state index in [0.717, 1.165) is 50.7 Å². The zero-order valence-electron chi connectivity index (χ0n) is 9.08. The summed E-state index contributed by atoms with van der Waals surface area (Å²) in [5.74, 6) is 0.437. The van der Waals surface area contributed by atoms with Gasteiger partial charge in [-0.2, -0.15) is 0 Å². The van der Waals surface area contributed by atoms with E-state index >= 15 is 0 Å². The quantitative estimate of drug-likeness (QED) is 0.754. The minimum Gasteiger partial charge on any atom is -0.501 e. The monoisotopic (exact) mass is 209 g/mol.